The zero-order chi connectivity index (χ0) is 14.1. The molecule has 0 saturated carbocycles. The monoisotopic (exact) mass is 275 g/mol. The summed E-state index contributed by atoms with van der Waals surface area (Å²) in [6.07, 6.45) is 3.33. The van der Waals surface area contributed by atoms with Gasteiger partial charge in [0, 0.05) is 5.56 Å². The standard InChI is InChI=1S/C18H17N3/c1-2-7-14(8-3-1)13-21-17-12-6-10-15-9-4-5-11-16(15)18(17)19-20-21/h1-5,7-9,11H,6,10,12-13H2. The van der Waals surface area contributed by atoms with Gasteiger partial charge in [0.1, 0.15) is 5.69 Å². The summed E-state index contributed by atoms with van der Waals surface area (Å²) in [5.74, 6) is 0. The van der Waals surface area contributed by atoms with E-state index in [4.69, 9.17) is 0 Å². The van der Waals surface area contributed by atoms with Gasteiger partial charge in [-0.25, -0.2) is 4.68 Å². The van der Waals surface area contributed by atoms with Gasteiger partial charge in [-0.05, 0) is 30.4 Å². The maximum Gasteiger partial charge on any atom is 0.116 e. The third-order valence-corrected chi connectivity index (χ3v) is 4.14. The molecular weight excluding hydrogens is 258 g/mol. The van der Waals surface area contributed by atoms with Crippen LogP contribution in [0.4, 0.5) is 0 Å². The number of nitrogens with zero attached hydrogens (tertiary/aromatic N) is 3. The van der Waals surface area contributed by atoms with Crippen LogP contribution in [-0.2, 0) is 19.4 Å². The van der Waals surface area contributed by atoms with E-state index in [1.165, 1.54) is 22.4 Å². The SMILES string of the molecule is c1ccc(Cn2nnc3c2CCCc2ccccc2-3)cc1. The molecule has 0 aliphatic heterocycles. The van der Waals surface area contributed by atoms with Crippen molar-refractivity contribution in [2.24, 2.45) is 0 Å². The number of fused-ring (bicyclic) bond motifs is 3. The molecule has 3 aromatic rings. The Labute approximate surface area is 124 Å². The zero-order valence-corrected chi connectivity index (χ0v) is 11.9. The van der Waals surface area contributed by atoms with Gasteiger partial charge in [-0.15, -0.1) is 5.10 Å². The van der Waals surface area contributed by atoms with E-state index in [1.807, 2.05) is 6.07 Å². The summed E-state index contributed by atoms with van der Waals surface area (Å²) in [6.45, 7) is 0.797. The van der Waals surface area contributed by atoms with E-state index in [9.17, 15) is 0 Å². The minimum atomic E-state index is 0.797. The molecule has 0 bridgehead atoms. The van der Waals surface area contributed by atoms with Crippen LogP contribution in [0.15, 0.2) is 54.6 Å². The second kappa shape index (κ2) is 5.17. The summed E-state index contributed by atoms with van der Waals surface area (Å²) >= 11 is 0. The number of hydrogen-bond donors (Lipinski definition) is 0. The van der Waals surface area contributed by atoms with Crippen LogP contribution in [0.3, 0.4) is 0 Å². The Bertz CT molecular complexity index is 759. The topological polar surface area (TPSA) is 30.7 Å². The Morgan fingerprint density at radius 3 is 2.62 bits per heavy atom. The summed E-state index contributed by atoms with van der Waals surface area (Å²) in [6, 6.07) is 19.0. The molecule has 3 heteroatoms. The van der Waals surface area contributed by atoms with Gasteiger partial charge in [-0.1, -0.05) is 59.8 Å². The van der Waals surface area contributed by atoms with Crippen molar-refractivity contribution in [3.05, 3.63) is 71.4 Å². The van der Waals surface area contributed by atoms with Crippen LogP contribution in [0.5, 0.6) is 0 Å². The van der Waals surface area contributed by atoms with Crippen molar-refractivity contribution in [2.45, 2.75) is 25.8 Å². The molecule has 2 aromatic carbocycles. The van der Waals surface area contributed by atoms with Gasteiger partial charge in [-0.2, -0.15) is 0 Å². The molecule has 0 radical (unpaired) electrons. The minimum Gasteiger partial charge on any atom is -0.244 e. The lowest BCUT2D eigenvalue weighted by Crippen LogP contribution is -2.06. The van der Waals surface area contributed by atoms with Crippen molar-refractivity contribution >= 4 is 0 Å². The first kappa shape index (κ1) is 12.3. The van der Waals surface area contributed by atoms with Gasteiger partial charge in [0.15, 0.2) is 0 Å². The fourth-order valence-corrected chi connectivity index (χ4v) is 3.09. The molecule has 3 nitrogen and oxygen atoms in total. The molecule has 0 N–H and O–H groups in total. The number of rotatable bonds is 2. The van der Waals surface area contributed by atoms with Gasteiger partial charge in [-0.3, -0.25) is 0 Å². The molecule has 1 heterocycles. The third-order valence-electron chi connectivity index (χ3n) is 4.14. The van der Waals surface area contributed by atoms with Crippen LogP contribution in [0.1, 0.15) is 23.2 Å². The van der Waals surface area contributed by atoms with E-state index >= 15 is 0 Å². The van der Waals surface area contributed by atoms with Crippen LogP contribution in [0.2, 0.25) is 0 Å². The van der Waals surface area contributed by atoms with Gasteiger partial charge >= 0.3 is 0 Å². The highest BCUT2D eigenvalue weighted by Gasteiger charge is 2.20. The van der Waals surface area contributed by atoms with E-state index in [-0.39, 0.29) is 0 Å². The molecule has 4 rings (SSSR count). The van der Waals surface area contributed by atoms with Crippen LogP contribution in [-0.4, -0.2) is 15.0 Å². The minimum absolute atomic E-state index is 0.797. The molecule has 0 unspecified atom stereocenters. The first-order valence-electron chi connectivity index (χ1n) is 7.46. The maximum atomic E-state index is 4.47. The van der Waals surface area contributed by atoms with Crippen molar-refractivity contribution in [1.82, 2.24) is 15.0 Å². The second-order valence-electron chi connectivity index (χ2n) is 5.54. The van der Waals surface area contributed by atoms with Crippen molar-refractivity contribution in [3.8, 4) is 11.3 Å². The molecule has 1 aliphatic rings. The van der Waals surface area contributed by atoms with Crippen molar-refractivity contribution < 1.29 is 0 Å². The summed E-state index contributed by atoms with van der Waals surface area (Å²) in [5, 5.41) is 8.87. The molecule has 0 fully saturated rings. The van der Waals surface area contributed by atoms with E-state index in [2.05, 4.69) is 63.5 Å². The molecule has 0 atom stereocenters. The molecule has 1 aromatic heterocycles. The van der Waals surface area contributed by atoms with Gasteiger partial charge in [0.2, 0.25) is 0 Å². The smallest absolute Gasteiger partial charge is 0.116 e. The number of benzene rings is 2. The molecule has 0 saturated heterocycles. The van der Waals surface area contributed by atoms with Crippen molar-refractivity contribution in [3.63, 3.8) is 0 Å². The number of aromatic nitrogens is 3. The fourth-order valence-electron chi connectivity index (χ4n) is 3.09. The first-order chi connectivity index (χ1) is 10.4. The van der Waals surface area contributed by atoms with Crippen molar-refractivity contribution in [2.75, 3.05) is 0 Å². The average molecular weight is 275 g/mol. The Morgan fingerprint density at radius 2 is 1.71 bits per heavy atom. The lowest BCUT2D eigenvalue weighted by Gasteiger charge is -2.06. The number of hydrogen-bond acceptors (Lipinski definition) is 2. The molecule has 21 heavy (non-hydrogen) atoms. The number of aryl methyl sites for hydroxylation is 1. The van der Waals surface area contributed by atoms with E-state index in [0.717, 1.165) is 31.5 Å². The quantitative estimate of drug-likeness (QED) is 0.717. The molecule has 0 amide bonds. The van der Waals surface area contributed by atoms with Gasteiger partial charge in [0.05, 0.1) is 12.2 Å². The van der Waals surface area contributed by atoms with Gasteiger partial charge in [0.25, 0.3) is 0 Å². The Hall–Kier alpha value is -2.42. The normalized spacial score (nSPS) is 13.3. The lowest BCUT2D eigenvalue weighted by molar-refractivity contribution is 0.608. The van der Waals surface area contributed by atoms with Crippen LogP contribution >= 0.6 is 0 Å². The average Bonchev–Trinajstić information content (AvgIpc) is 2.82. The fraction of sp³-hybridized carbons (Fsp3) is 0.222. The largest absolute Gasteiger partial charge is 0.244 e. The first-order valence-corrected chi connectivity index (χ1v) is 7.46. The highest BCUT2D eigenvalue weighted by Crippen LogP contribution is 2.30. The lowest BCUT2D eigenvalue weighted by atomic mass is 10.0. The maximum absolute atomic E-state index is 4.47. The molecular formula is C18H17N3. The van der Waals surface area contributed by atoms with Crippen LogP contribution in [0.25, 0.3) is 11.3 Å². The van der Waals surface area contributed by atoms with E-state index in [0.29, 0.717) is 0 Å². The van der Waals surface area contributed by atoms with Crippen LogP contribution in [0, 0.1) is 0 Å². The Kier molecular flexibility index (Phi) is 3.03. The summed E-state index contributed by atoms with van der Waals surface area (Å²) in [5.41, 5.74) is 6.25. The van der Waals surface area contributed by atoms with Crippen LogP contribution < -0.4 is 0 Å². The Morgan fingerprint density at radius 1 is 0.905 bits per heavy atom. The van der Waals surface area contributed by atoms with Crippen molar-refractivity contribution in [1.29, 1.82) is 0 Å². The second-order valence-corrected chi connectivity index (χ2v) is 5.54. The highest BCUT2D eigenvalue weighted by atomic mass is 15.4. The van der Waals surface area contributed by atoms with Gasteiger partial charge < -0.3 is 0 Å². The van der Waals surface area contributed by atoms with E-state index in [1.54, 1.807) is 0 Å². The third kappa shape index (κ3) is 2.25. The Balaban J connectivity index is 1.76. The van der Waals surface area contributed by atoms with E-state index < -0.39 is 0 Å². The molecule has 104 valence electrons. The summed E-state index contributed by atoms with van der Waals surface area (Å²) in [4.78, 5) is 0. The predicted octanol–water partition coefficient (Wildman–Crippen LogP) is 3.48. The predicted molar refractivity (Wildman–Crippen MR) is 83.0 cm³/mol. The molecule has 0 spiro atoms. The summed E-state index contributed by atoms with van der Waals surface area (Å²) in [7, 11) is 0. The zero-order valence-electron chi connectivity index (χ0n) is 11.9. The highest BCUT2D eigenvalue weighted by molar-refractivity contribution is 5.66. The summed E-state index contributed by atoms with van der Waals surface area (Å²) < 4.78 is 2.06. The molecule has 1 aliphatic carbocycles.